The monoisotopic (exact) mass is 579 g/mol. The van der Waals surface area contributed by atoms with Gasteiger partial charge in [0.25, 0.3) is 0 Å². The summed E-state index contributed by atoms with van der Waals surface area (Å²) in [5.41, 5.74) is 4.16. The Morgan fingerprint density at radius 1 is 1.12 bits per heavy atom. The lowest BCUT2D eigenvalue weighted by atomic mass is 9.93. The van der Waals surface area contributed by atoms with E-state index in [4.69, 9.17) is 4.74 Å². The molecule has 0 radical (unpaired) electrons. The minimum Gasteiger partial charge on any atom is -0.432 e. The van der Waals surface area contributed by atoms with E-state index in [0.717, 1.165) is 49.0 Å². The van der Waals surface area contributed by atoms with Crippen LogP contribution in [0.2, 0.25) is 18.6 Å². The number of hydrogen-bond acceptors (Lipinski definition) is 6. The predicted molar refractivity (Wildman–Crippen MR) is 162 cm³/mol. The van der Waals surface area contributed by atoms with Gasteiger partial charge in [-0.3, -0.25) is 9.59 Å². The number of anilines is 1. The lowest BCUT2D eigenvalue weighted by molar-refractivity contribution is -0.138. The molecule has 3 aliphatic rings. The van der Waals surface area contributed by atoms with Gasteiger partial charge >= 0.3 is 0 Å². The van der Waals surface area contributed by atoms with Crippen molar-refractivity contribution in [3.05, 3.63) is 65.2 Å². The Bertz CT molecular complexity index is 1230. The fourth-order valence-corrected chi connectivity index (χ4v) is 9.80. The molecule has 4 N–H and O–H groups in total. The van der Waals surface area contributed by atoms with Crippen molar-refractivity contribution in [2.24, 2.45) is 5.92 Å². The molecule has 9 heteroatoms. The first-order chi connectivity index (χ1) is 19.6. The van der Waals surface area contributed by atoms with Crippen molar-refractivity contribution in [3.63, 3.8) is 0 Å². The van der Waals surface area contributed by atoms with Crippen LogP contribution < -0.4 is 10.6 Å². The first-order valence-electron chi connectivity index (χ1n) is 15.1. The molecule has 0 saturated carbocycles. The molecule has 0 bridgehead atoms. The van der Waals surface area contributed by atoms with Gasteiger partial charge in [0.05, 0.1) is 37.3 Å². The number of rotatable bonds is 9. The van der Waals surface area contributed by atoms with Gasteiger partial charge < -0.3 is 30.2 Å². The summed E-state index contributed by atoms with van der Waals surface area (Å²) in [6.07, 6.45) is 3.85. The molecule has 2 aromatic rings. The second kappa shape index (κ2) is 12.7. The van der Waals surface area contributed by atoms with Crippen molar-refractivity contribution < 1.29 is 24.2 Å². The number of aliphatic hydroxyl groups is 1. The molecular weight excluding hydrogens is 534 g/mol. The zero-order valence-corrected chi connectivity index (χ0v) is 25.5. The largest absolute Gasteiger partial charge is 0.432 e. The van der Waals surface area contributed by atoms with Gasteiger partial charge in [0.15, 0.2) is 8.32 Å². The average molecular weight is 580 g/mol. The molecular formula is C32H45N3O5Si. The van der Waals surface area contributed by atoms with Crippen LogP contribution in [0.15, 0.2) is 48.5 Å². The molecule has 41 heavy (non-hydrogen) atoms. The van der Waals surface area contributed by atoms with E-state index in [1.165, 1.54) is 5.56 Å². The van der Waals surface area contributed by atoms with E-state index < -0.39 is 8.32 Å². The van der Waals surface area contributed by atoms with Crippen molar-refractivity contribution in [1.82, 2.24) is 10.2 Å². The minimum atomic E-state index is -2.64. The molecule has 2 amide bonds. The van der Waals surface area contributed by atoms with Crippen LogP contribution in [0, 0.1) is 5.92 Å². The topological polar surface area (TPSA) is 111 Å². The number of nitrogens with one attached hydrogen (secondary N) is 2. The maximum Gasteiger partial charge on any atom is 0.241 e. The molecule has 0 unspecified atom stereocenters. The quantitative estimate of drug-likeness (QED) is 0.338. The summed E-state index contributed by atoms with van der Waals surface area (Å²) in [4.78, 5) is 39.3. The Hall–Kier alpha value is -2.56. The SMILES string of the molecule is C[C@H]1[C@H]([Si](C)(C)O)[C@@H](CC(=O)N2Cc3ccccc3C[C@H]2CO)O[C@H]1CCc1cccc(NC(=O)[C@H]2CCCN2)c1. The van der Waals surface area contributed by atoms with Gasteiger partial charge in [-0.15, -0.1) is 0 Å². The van der Waals surface area contributed by atoms with Gasteiger partial charge in [0.1, 0.15) is 0 Å². The zero-order valence-electron chi connectivity index (χ0n) is 24.5. The third kappa shape index (κ3) is 6.92. The van der Waals surface area contributed by atoms with E-state index in [2.05, 4.69) is 29.7 Å². The molecule has 2 fully saturated rings. The summed E-state index contributed by atoms with van der Waals surface area (Å²) in [6.45, 7) is 7.31. The molecule has 3 aliphatic heterocycles. The van der Waals surface area contributed by atoms with Crippen LogP contribution in [0.1, 0.15) is 49.3 Å². The lowest BCUT2D eigenvalue weighted by Crippen LogP contribution is -2.48. The highest BCUT2D eigenvalue weighted by Gasteiger charge is 2.50. The Kier molecular flexibility index (Phi) is 9.30. The number of carbonyl (C=O) groups excluding carboxylic acids is 2. The Morgan fingerprint density at radius 3 is 2.61 bits per heavy atom. The van der Waals surface area contributed by atoms with Crippen LogP contribution in [0.5, 0.6) is 0 Å². The number of carbonyl (C=O) groups is 2. The van der Waals surface area contributed by atoms with E-state index in [9.17, 15) is 19.5 Å². The Morgan fingerprint density at radius 2 is 1.90 bits per heavy atom. The highest BCUT2D eigenvalue weighted by atomic mass is 28.4. The molecule has 222 valence electrons. The van der Waals surface area contributed by atoms with E-state index in [-0.39, 0.29) is 60.6 Å². The summed E-state index contributed by atoms with van der Waals surface area (Å²) < 4.78 is 6.58. The number of aliphatic hydroxyl groups excluding tert-OH is 1. The maximum absolute atomic E-state index is 13.6. The molecule has 6 atom stereocenters. The standard InChI is InChI=1S/C32H45N3O5Si/c1-21-28(14-13-22-8-6-11-25(16-22)34-32(38)27-12-7-15-33-27)40-29(31(21)41(2,3)39)18-30(37)35-19-24-10-5-4-9-23(24)17-26(35)20-36/h4-6,8-11,16,21,26-29,31,33,36,39H,7,12-15,17-20H2,1-3H3,(H,34,38)/t21-,26+,27-,28+,29-,31+/m1/s1. The zero-order chi connectivity index (χ0) is 29.1. The second-order valence-electron chi connectivity index (χ2n) is 12.7. The molecule has 0 aromatic heterocycles. The van der Waals surface area contributed by atoms with Gasteiger partial charge in [0.2, 0.25) is 11.8 Å². The molecule has 0 aliphatic carbocycles. The van der Waals surface area contributed by atoms with Crippen LogP contribution in [-0.2, 0) is 33.7 Å². The highest BCUT2D eigenvalue weighted by Crippen LogP contribution is 2.46. The van der Waals surface area contributed by atoms with Gasteiger partial charge in [-0.1, -0.05) is 43.3 Å². The van der Waals surface area contributed by atoms with E-state index in [0.29, 0.717) is 13.0 Å². The van der Waals surface area contributed by atoms with Crippen molar-refractivity contribution in [1.29, 1.82) is 0 Å². The fraction of sp³-hybridized carbons (Fsp3) is 0.562. The normalized spacial score (nSPS) is 28.0. The van der Waals surface area contributed by atoms with Crippen LogP contribution in [0.25, 0.3) is 0 Å². The summed E-state index contributed by atoms with van der Waals surface area (Å²) in [5, 5.41) is 16.4. The van der Waals surface area contributed by atoms with Gasteiger partial charge in [0, 0.05) is 17.8 Å². The number of benzene rings is 2. The number of nitrogens with zero attached hydrogens (tertiary/aromatic N) is 1. The number of fused-ring (bicyclic) bond motifs is 1. The number of aryl methyl sites for hydroxylation is 1. The van der Waals surface area contributed by atoms with Crippen LogP contribution in [-0.4, -0.2) is 72.4 Å². The fourth-order valence-electron chi connectivity index (χ4n) is 7.19. The Labute approximate surface area is 244 Å². The smallest absolute Gasteiger partial charge is 0.241 e. The first-order valence-corrected chi connectivity index (χ1v) is 18.1. The lowest BCUT2D eigenvalue weighted by Gasteiger charge is -2.37. The maximum atomic E-state index is 13.6. The van der Waals surface area contributed by atoms with E-state index >= 15 is 0 Å². The van der Waals surface area contributed by atoms with Crippen molar-refractivity contribution in [2.75, 3.05) is 18.5 Å². The van der Waals surface area contributed by atoms with Crippen molar-refractivity contribution in [3.8, 4) is 0 Å². The van der Waals surface area contributed by atoms with Crippen LogP contribution in [0.4, 0.5) is 5.69 Å². The molecule has 2 saturated heterocycles. The van der Waals surface area contributed by atoms with E-state index in [1.807, 2.05) is 49.5 Å². The van der Waals surface area contributed by atoms with E-state index in [1.54, 1.807) is 4.90 Å². The third-order valence-electron chi connectivity index (χ3n) is 9.27. The average Bonchev–Trinajstić information content (AvgIpc) is 3.59. The predicted octanol–water partition coefficient (Wildman–Crippen LogP) is 3.62. The molecule has 0 spiro atoms. The second-order valence-corrected chi connectivity index (χ2v) is 16.6. The summed E-state index contributed by atoms with van der Waals surface area (Å²) in [6, 6.07) is 15.7. The molecule has 2 aromatic carbocycles. The first kappa shape index (κ1) is 29.9. The summed E-state index contributed by atoms with van der Waals surface area (Å²) in [5.74, 6) is 0.102. The molecule has 3 heterocycles. The number of ether oxygens (including phenoxy) is 1. The third-order valence-corrected chi connectivity index (χ3v) is 11.8. The van der Waals surface area contributed by atoms with Crippen LogP contribution in [0.3, 0.4) is 0 Å². The van der Waals surface area contributed by atoms with Crippen molar-refractivity contribution in [2.45, 2.75) is 94.9 Å². The molecule has 8 nitrogen and oxygen atoms in total. The van der Waals surface area contributed by atoms with Crippen LogP contribution >= 0.6 is 0 Å². The van der Waals surface area contributed by atoms with Gasteiger partial charge in [-0.05, 0) is 86.5 Å². The highest BCUT2D eigenvalue weighted by molar-refractivity contribution is 6.71. The van der Waals surface area contributed by atoms with Crippen molar-refractivity contribution >= 4 is 25.8 Å². The summed E-state index contributed by atoms with van der Waals surface area (Å²) >= 11 is 0. The summed E-state index contributed by atoms with van der Waals surface area (Å²) in [7, 11) is -2.64. The molecule has 5 rings (SSSR count). The number of amides is 2. The van der Waals surface area contributed by atoms with Gasteiger partial charge in [-0.2, -0.15) is 0 Å². The minimum absolute atomic E-state index is 0.0125. The van der Waals surface area contributed by atoms with Gasteiger partial charge in [-0.25, -0.2) is 0 Å². The number of hydrogen-bond donors (Lipinski definition) is 4. The Balaban J connectivity index is 1.23.